The predicted octanol–water partition coefficient (Wildman–Crippen LogP) is 3.43. The van der Waals surface area contributed by atoms with E-state index < -0.39 is 5.97 Å². The summed E-state index contributed by atoms with van der Waals surface area (Å²) in [5, 5.41) is 19.3. The zero-order valence-corrected chi connectivity index (χ0v) is 19.3. The lowest BCUT2D eigenvalue weighted by molar-refractivity contribution is -0.174. The Hall–Kier alpha value is -2.90. The van der Waals surface area contributed by atoms with Crippen LogP contribution in [0.1, 0.15) is 46.8 Å². The Bertz CT molecular complexity index is 1020. The molecule has 0 bridgehead atoms. The van der Waals surface area contributed by atoms with E-state index in [4.69, 9.17) is 4.74 Å². The summed E-state index contributed by atoms with van der Waals surface area (Å²) >= 11 is 0. The number of morpholine rings is 1. The highest BCUT2D eigenvalue weighted by molar-refractivity contribution is 5.91. The number of hydrogen-bond acceptors (Lipinski definition) is 5. The van der Waals surface area contributed by atoms with E-state index in [0.29, 0.717) is 31.1 Å². The third-order valence-corrected chi connectivity index (χ3v) is 7.05. The Morgan fingerprint density at radius 2 is 1.82 bits per heavy atom. The van der Waals surface area contributed by atoms with Crippen molar-refractivity contribution >= 4 is 11.9 Å². The van der Waals surface area contributed by atoms with Gasteiger partial charge in [-0.25, -0.2) is 4.79 Å². The molecule has 0 aliphatic carbocycles. The minimum atomic E-state index is -1.12. The molecule has 2 fully saturated rings. The first-order valence-electron chi connectivity index (χ1n) is 11.5. The van der Waals surface area contributed by atoms with E-state index in [9.17, 15) is 19.8 Å². The van der Waals surface area contributed by atoms with Gasteiger partial charge in [0, 0.05) is 13.1 Å². The number of likely N-dealkylation sites (tertiary alicyclic amines) is 1. The molecule has 2 aliphatic heterocycles. The van der Waals surface area contributed by atoms with Gasteiger partial charge >= 0.3 is 5.97 Å². The largest absolute Gasteiger partial charge is 0.507 e. The number of carbonyl (C=O) groups excluding carboxylic acids is 1. The van der Waals surface area contributed by atoms with Gasteiger partial charge in [-0.1, -0.05) is 36.4 Å². The number of nitrogens with zero attached hydrogens (tertiary/aromatic N) is 2. The van der Waals surface area contributed by atoms with E-state index in [1.54, 1.807) is 13.0 Å². The molecule has 4 rings (SSSR count). The number of aromatic carboxylic acids is 1. The molecule has 2 aliphatic rings. The van der Waals surface area contributed by atoms with Crippen LogP contribution in [0.5, 0.6) is 5.75 Å². The van der Waals surface area contributed by atoms with Crippen molar-refractivity contribution in [2.75, 3.05) is 26.2 Å². The van der Waals surface area contributed by atoms with E-state index in [0.717, 1.165) is 37.1 Å². The van der Waals surface area contributed by atoms with Gasteiger partial charge in [0.25, 0.3) is 0 Å². The summed E-state index contributed by atoms with van der Waals surface area (Å²) in [6, 6.07) is 13.5. The third kappa shape index (κ3) is 5.20. The number of aryl methyl sites for hydroxylation is 1. The molecule has 2 aromatic rings. The first-order valence-corrected chi connectivity index (χ1v) is 11.5. The molecular weight excluding hydrogens is 420 g/mol. The number of ether oxygens (including phenoxy) is 1. The average Bonchev–Trinajstić information content (AvgIpc) is 2.79. The van der Waals surface area contributed by atoms with Crippen molar-refractivity contribution < 1.29 is 24.5 Å². The highest BCUT2D eigenvalue weighted by Gasteiger charge is 2.43. The molecule has 7 heteroatoms. The van der Waals surface area contributed by atoms with Crippen LogP contribution in [-0.4, -0.2) is 63.7 Å². The maximum absolute atomic E-state index is 12.5. The van der Waals surface area contributed by atoms with E-state index in [-0.39, 0.29) is 29.4 Å². The molecule has 0 unspecified atom stereocenters. The van der Waals surface area contributed by atoms with Crippen molar-refractivity contribution in [3.8, 4) is 5.75 Å². The van der Waals surface area contributed by atoms with Crippen LogP contribution in [0.4, 0.5) is 0 Å². The summed E-state index contributed by atoms with van der Waals surface area (Å²) in [4.78, 5) is 28.1. The molecule has 0 radical (unpaired) electrons. The molecule has 33 heavy (non-hydrogen) atoms. The molecule has 2 heterocycles. The van der Waals surface area contributed by atoms with Crippen LogP contribution in [0.25, 0.3) is 0 Å². The van der Waals surface area contributed by atoms with Gasteiger partial charge in [-0.3, -0.25) is 9.69 Å². The smallest absolute Gasteiger partial charge is 0.339 e. The molecular formula is C26H32N2O5. The summed E-state index contributed by atoms with van der Waals surface area (Å²) in [6.07, 6.45) is 1.90. The van der Waals surface area contributed by atoms with Crippen molar-refractivity contribution in [3.63, 3.8) is 0 Å². The van der Waals surface area contributed by atoms with Gasteiger partial charge in [-0.15, -0.1) is 0 Å². The normalized spacial score (nSPS) is 22.5. The van der Waals surface area contributed by atoms with Crippen molar-refractivity contribution in [1.82, 2.24) is 9.80 Å². The molecule has 0 spiro atoms. The number of amides is 1. The van der Waals surface area contributed by atoms with Crippen LogP contribution >= 0.6 is 0 Å². The number of rotatable bonds is 6. The Kier molecular flexibility index (Phi) is 6.72. The fourth-order valence-electron chi connectivity index (χ4n) is 5.09. The number of piperidine rings is 1. The fourth-order valence-corrected chi connectivity index (χ4v) is 5.09. The third-order valence-electron chi connectivity index (χ3n) is 7.05. The average molecular weight is 453 g/mol. The topological polar surface area (TPSA) is 90.3 Å². The van der Waals surface area contributed by atoms with E-state index in [2.05, 4.69) is 11.8 Å². The van der Waals surface area contributed by atoms with Crippen LogP contribution in [0.15, 0.2) is 42.5 Å². The molecule has 1 atom stereocenters. The van der Waals surface area contributed by atoms with Gasteiger partial charge in [0.1, 0.15) is 17.9 Å². The maximum atomic E-state index is 12.5. The number of benzene rings is 2. The highest BCUT2D eigenvalue weighted by atomic mass is 16.5. The maximum Gasteiger partial charge on any atom is 0.339 e. The van der Waals surface area contributed by atoms with Gasteiger partial charge in [0.15, 0.2) is 0 Å². The molecule has 2 saturated heterocycles. The molecule has 176 valence electrons. The first kappa shape index (κ1) is 23.3. The fraction of sp³-hybridized carbons (Fsp3) is 0.462. The molecule has 0 aromatic heterocycles. The second-order valence-corrected chi connectivity index (χ2v) is 9.50. The Morgan fingerprint density at radius 1 is 1.12 bits per heavy atom. The number of carboxylic acid groups (broad SMARTS) is 1. The van der Waals surface area contributed by atoms with Crippen LogP contribution in [-0.2, 0) is 22.6 Å². The second kappa shape index (κ2) is 9.53. The standard InChI is InChI=1S/C26H32N2O5/c1-18-12-20(13-22(24(18)30)25(31)32)14-27-10-8-21(9-11-27)26(2)17-28(23(29)16-33-26)15-19-6-4-3-5-7-19/h3-7,12-13,21,30H,8-11,14-17H2,1-2H3,(H,31,32)/t26-/m0/s1. The van der Waals surface area contributed by atoms with E-state index in [1.807, 2.05) is 41.3 Å². The molecule has 2 aromatic carbocycles. The summed E-state index contributed by atoms with van der Waals surface area (Å²) in [5.74, 6) is -0.906. The summed E-state index contributed by atoms with van der Waals surface area (Å²) in [7, 11) is 0. The Morgan fingerprint density at radius 3 is 2.48 bits per heavy atom. The molecule has 1 amide bonds. The molecule has 2 N–H and O–H groups in total. The minimum Gasteiger partial charge on any atom is -0.507 e. The predicted molar refractivity (Wildman–Crippen MR) is 124 cm³/mol. The SMILES string of the molecule is Cc1cc(CN2CCC([C@]3(C)CN(Cc4ccccc4)C(=O)CO3)CC2)cc(C(=O)O)c1O. The Balaban J connectivity index is 1.37. The van der Waals surface area contributed by atoms with Gasteiger partial charge in [-0.05, 0) is 68.5 Å². The minimum absolute atomic E-state index is 0.0331. The number of carbonyl (C=O) groups is 2. The van der Waals surface area contributed by atoms with E-state index in [1.165, 1.54) is 0 Å². The monoisotopic (exact) mass is 452 g/mol. The summed E-state index contributed by atoms with van der Waals surface area (Å²) in [6.45, 7) is 7.55. The second-order valence-electron chi connectivity index (χ2n) is 9.50. The lowest BCUT2D eigenvalue weighted by Gasteiger charge is -2.47. The quantitative estimate of drug-likeness (QED) is 0.698. The van der Waals surface area contributed by atoms with Crippen LogP contribution in [0, 0.1) is 12.8 Å². The van der Waals surface area contributed by atoms with Crippen LogP contribution in [0.3, 0.4) is 0 Å². The van der Waals surface area contributed by atoms with Gasteiger partial charge < -0.3 is 19.8 Å². The Labute approximate surface area is 194 Å². The molecule has 0 saturated carbocycles. The van der Waals surface area contributed by atoms with Crippen LogP contribution in [0.2, 0.25) is 0 Å². The van der Waals surface area contributed by atoms with Crippen molar-refractivity contribution in [1.29, 1.82) is 0 Å². The van der Waals surface area contributed by atoms with Crippen molar-refractivity contribution in [3.05, 3.63) is 64.7 Å². The van der Waals surface area contributed by atoms with Gasteiger partial charge in [-0.2, -0.15) is 0 Å². The van der Waals surface area contributed by atoms with E-state index >= 15 is 0 Å². The lowest BCUT2D eigenvalue weighted by Crippen LogP contribution is -2.57. The van der Waals surface area contributed by atoms with Gasteiger partial charge in [0.05, 0.1) is 12.1 Å². The van der Waals surface area contributed by atoms with Gasteiger partial charge in [0.2, 0.25) is 5.91 Å². The van der Waals surface area contributed by atoms with Crippen molar-refractivity contribution in [2.45, 2.75) is 45.4 Å². The molecule has 7 nitrogen and oxygen atoms in total. The zero-order chi connectivity index (χ0) is 23.6. The first-order chi connectivity index (χ1) is 15.7. The number of aromatic hydroxyl groups is 1. The highest BCUT2D eigenvalue weighted by Crippen LogP contribution is 2.35. The zero-order valence-electron chi connectivity index (χ0n) is 19.3. The number of carboxylic acids is 1. The summed E-state index contributed by atoms with van der Waals surface area (Å²) in [5.41, 5.74) is 2.16. The van der Waals surface area contributed by atoms with Crippen LogP contribution < -0.4 is 0 Å². The summed E-state index contributed by atoms with van der Waals surface area (Å²) < 4.78 is 6.11. The lowest BCUT2D eigenvalue weighted by atomic mass is 9.80. The number of hydrogen-bond donors (Lipinski definition) is 2. The number of phenols is 1. The van der Waals surface area contributed by atoms with Crippen molar-refractivity contribution in [2.24, 2.45) is 5.92 Å².